The number of hydrogen-bond acceptors (Lipinski definition) is 5. The summed E-state index contributed by atoms with van der Waals surface area (Å²) in [6, 6.07) is 0. The smallest absolute Gasteiger partial charge is 0.305 e. The highest BCUT2D eigenvalue weighted by molar-refractivity contribution is 7.90. The lowest BCUT2D eigenvalue weighted by Gasteiger charge is -2.48. The van der Waals surface area contributed by atoms with Crippen molar-refractivity contribution in [1.82, 2.24) is 10.2 Å². The first kappa shape index (κ1) is 13.4. The fourth-order valence-electron chi connectivity index (χ4n) is 1.76. The number of carboxylic acid groups (broad SMARTS) is 1. The van der Waals surface area contributed by atoms with E-state index in [1.165, 1.54) is 6.26 Å². The highest BCUT2D eigenvalue weighted by Gasteiger charge is 2.42. The second kappa shape index (κ2) is 4.68. The van der Waals surface area contributed by atoms with Crippen LogP contribution in [0.2, 0.25) is 0 Å². The van der Waals surface area contributed by atoms with Gasteiger partial charge >= 0.3 is 5.97 Å². The number of aliphatic carboxylic acids is 1. The zero-order chi connectivity index (χ0) is 12.4. The lowest BCUT2D eigenvalue weighted by atomic mass is 9.87. The molecule has 0 aromatic carbocycles. The Morgan fingerprint density at radius 1 is 1.50 bits per heavy atom. The predicted octanol–water partition coefficient (Wildman–Crippen LogP) is -1.22. The third-order valence-corrected chi connectivity index (χ3v) is 3.92. The molecule has 0 amide bonds. The van der Waals surface area contributed by atoms with E-state index >= 15 is 0 Å². The Labute approximate surface area is 95.5 Å². The van der Waals surface area contributed by atoms with Gasteiger partial charge in [-0.2, -0.15) is 0 Å². The number of nitrogens with zero attached hydrogens (tertiary/aromatic N) is 1. The van der Waals surface area contributed by atoms with Crippen LogP contribution in [-0.4, -0.2) is 68.6 Å². The van der Waals surface area contributed by atoms with Crippen LogP contribution in [0.1, 0.15) is 6.42 Å². The van der Waals surface area contributed by atoms with Gasteiger partial charge in [0.05, 0.1) is 17.7 Å². The minimum atomic E-state index is -3.00. The van der Waals surface area contributed by atoms with Crippen LogP contribution in [0, 0.1) is 0 Å². The average Bonchev–Trinajstić information content (AvgIpc) is 2.05. The summed E-state index contributed by atoms with van der Waals surface area (Å²) in [5, 5.41) is 11.8. The van der Waals surface area contributed by atoms with Crippen molar-refractivity contribution in [3.63, 3.8) is 0 Å². The molecule has 1 rings (SSSR count). The summed E-state index contributed by atoms with van der Waals surface area (Å²) in [4.78, 5) is 12.6. The van der Waals surface area contributed by atoms with Crippen LogP contribution in [0.4, 0.5) is 0 Å². The molecule has 7 heteroatoms. The molecule has 16 heavy (non-hydrogen) atoms. The van der Waals surface area contributed by atoms with Gasteiger partial charge in [-0.1, -0.05) is 0 Å². The molecular weight excluding hydrogens is 232 g/mol. The topological polar surface area (TPSA) is 86.7 Å². The van der Waals surface area contributed by atoms with Gasteiger partial charge in [0.1, 0.15) is 9.84 Å². The third kappa shape index (κ3) is 3.43. The molecule has 0 aromatic rings. The molecule has 1 saturated heterocycles. The first-order valence-electron chi connectivity index (χ1n) is 5.07. The number of hydrogen-bond donors (Lipinski definition) is 2. The molecule has 1 aliphatic rings. The molecule has 1 heterocycles. The summed E-state index contributed by atoms with van der Waals surface area (Å²) < 4.78 is 22.1. The molecule has 0 spiro atoms. The zero-order valence-corrected chi connectivity index (χ0v) is 10.4. The van der Waals surface area contributed by atoms with Gasteiger partial charge in [-0.05, 0) is 7.05 Å². The van der Waals surface area contributed by atoms with E-state index in [9.17, 15) is 13.2 Å². The van der Waals surface area contributed by atoms with Gasteiger partial charge in [0, 0.05) is 25.9 Å². The Morgan fingerprint density at radius 2 is 2.06 bits per heavy atom. The van der Waals surface area contributed by atoms with E-state index < -0.39 is 21.3 Å². The SMILES string of the molecule is CN(CCS(C)(=O)=O)C1(CC(=O)O)CNC1. The molecule has 6 nitrogen and oxygen atoms in total. The maximum absolute atomic E-state index is 11.0. The summed E-state index contributed by atoms with van der Waals surface area (Å²) in [5.41, 5.74) is -0.420. The standard InChI is InChI=1S/C9H18N2O4S/c1-11(3-4-16(2,14)15)9(5-8(12)13)6-10-7-9/h10H,3-7H2,1-2H3,(H,12,13). The minimum absolute atomic E-state index is 0.0419. The van der Waals surface area contributed by atoms with Gasteiger partial charge < -0.3 is 10.4 Å². The van der Waals surface area contributed by atoms with Crippen LogP contribution < -0.4 is 5.32 Å². The lowest BCUT2D eigenvalue weighted by Crippen LogP contribution is -2.69. The fraction of sp³-hybridized carbons (Fsp3) is 0.889. The maximum Gasteiger partial charge on any atom is 0.305 e. The average molecular weight is 250 g/mol. The van der Waals surface area contributed by atoms with E-state index in [2.05, 4.69) is 5.32 Å². The van der Waals surface area contributed by atoms with Crippen molar-refractivity contribution in [3.8, 4) is 0 Å². The number of likely N-dealkylation sites (N-methyl/N-ethyl adjacent to an activating group) is 1. The summed E-state index contributed by atoms with van der Waals surface area (Å²) in [7, 11) is -1.23. The monoisotopic (exact) mass is 250 g/mol. The van der Waals surface area contributed by atoms with E-state index in [-0.39, 0.29) is 12.2 Å². The normalized spacial score (nSPS) is 19.4. The van der Waals surface area contributed by atoms with E-state index in [0.717, 1.165) is 0 Å². The lowest BCUT2D eigenvalue weighted by molar-refractivity contribution is -0.141. The number of nitrogens with one attached hydrogen (secondary N) is 1. The highest BCUT2D eigenvalue weighted by atomic mass is 32.2. The fourth-order valence-corrected chi connectivity index (χ4v) is 2.37. The van der Waals surface area contributed by atoms with E-state index in [0.29, 0.717) is 19.6 Å². The summed E-state index contributed by atoms with van der Waals surface area (Å²) in [6.45, 7) is 1.56. The molecule has 1 aliphatic heterocycles. The molecule has 0 saturated carbocycles. The van der Waals surface area contributed by atoms with Gasteiger partial charge in [0.25, 0.3) is 0 Å². The van der Waals surface area contributed by atoms with Crippen molar-refractivity contribution in [2.75, 3.05) is 38.7 Å². The van der Waals surface area contributed by atoms with Crippen molar-refractivity contribution in [1.29, 1.82) is 0 Å². The molecule has 0 aromatic heterocycles. The molecule has 2 N–H and O–H groups in total. The number of carbonyl (C=O) groups is 1. The Morgan fingerprint density at radius 3 is 2.38 bits per heavy atom. The quantitative estimate of drug-likeness (QED) is 0.614. The van der Waals surface area contributed by atoms with Gasteiger partial charge in [-0.25, -0.2) is 8.42 Å². The second-order valence-electron chi connectivity index (χ2n) is 4.45. The van der Waals surface area contributed by atoms with Crippen LogP contribution in [0.3, 0.4) is 0 Å². The van der Waals surface area contributed by atoms with E-state index in [1.807, 2.05) is 4.90 Å². The number of sulfone groups is 1. The summed E-state index contributed by atoms with van der Waals surface area (Å²) in [5.74, 6) is -0.794. The van der Waals surface area contributed by atoms with Crippen LogP contribution in [0.5, 0.6) is 0 Å². The van der Waals surface area contributed by atoms with Crippen LogP contribution >= 0.6 is 0 Å². The number of rotatable bonds is 6. The van der Waals surface area contributed by atoms with Crippen molar-refractivity contribution >= 4 is 15.8 Å². The van der Waals surface area contributed by atoms with Gasteiger partial charge in [-0.3, -0.25) is 9.69 Å². The molecule has 0 unspecified atom stereocenters. The van der Waals surface area contributed by atoms with Crippen LogP contribution in [-0.2, 0) is 14.6 Å². The highest BCUT2D eigenvalue weighted by Crippen LogP contribution is 2.23. The minimum Gasteiger partial charge on any atom is -0.481 e. The Balaban J connectivity index is 2.56. The molecule has 0 aliphatic carbocycles. The van der Waals surface area contributed by atoms with Gasteiger partial charge in [0.2, 0.25) is 0 Å². The first-order chi connectivity index (χ1) is 7.25. The van der Waals surface area contributed by atoms with Crippen LogP contribution in [0.15, 0.2) is 0 Å². The summed E-state index contributed by atoms with van der Waals surface area (Å²) in [6.07, 6.45) is 1.23. The van der Waals surface area contributed by atoms with Crippen LogP contribution in [0.25, 0.3) is 0 Å². The molecule has 0 radical (unpaired) electrons. The Bertz CT molecular complexity index is 362. The van der Waals surface area contributed by atoms with Crippen molar-refractivity contribution in [2.45, 2.75) is 12.0 Å². The molecule has 1 fully saturated rings. The first-order valence-corrected chi connectivity index (χ1v) is 7.13. The molecular formula is C9H18N2O4S. The molecule has 94 valence electrons. The van der Waals surface area contributed by atoms with E-state index in [4.69, 9.17) is 5.11 Å². The maximum atomic E-state index is 11.0. The third-order valence-electron chi connectivity index (χ3n) is 3.00. The Hall–Kier alpha value is -0.660. The largest absolute Gasteiger partial charge is 0.481 e. The van der Waals surface area contributed by atoms with Crippen molar-refractivity contribution in [3.05, 3.63) is 0 Å². The zero-order valence-electron chi connectivity index (χ0n) is 9.56. The molecule has 0 bridgehead atoms. The van der Waals surface area contributed by atoms with Gasteiger partial charge in [-0.15, -0.1) is 0 Å². The van der Waals surface area contributed by atoms with Crippen molar-refractivity contribution in [2.24, 2.45) is 0 Å². The predicted molar refractivity (Wildman–Crippen MR) is 60.2 cm³/mol. The number of carboxylic acids is 1. The summed E-state index contributed by atoms with van der Waals surface area (Å²) >= 11 is 0. The van der Waals surface area contributed by atoms with Gasteiger partial charge in [0.15, 0.2) is 0 Å². The second-order valence-corrected chi connectivity index (χ2v) is 6.71. The van der Waals surface area contributed by atoms with E-state index in [1.54, 1.807) is 7.05 Å². The van der Waals surface area contributed by atoms with Crippen molar-refractivity contribution < 1.29 is 18.3 Å². The molecule has 0 atom stereocenters. The Kier molecular flexibility index (Phi) is 3.92.